The molecule has 1 heterocycles. The second kappa shape index (κ2) is 8.52. The van der Waals surface area contributed by atoms with Gasteiger partial charge in [0, 0.05) is 16.9 Å². The second-order valence-electron chi connectivity index (χ2n) is 7.87. The van der Waals surface area contributed by atoms with Crippen molar-refractivity contribution in [3.05, 3.63) is 108 Å². The first-order valence-corrected chi connectivity index (χ1v) is 11.5. The van der Waals surface area contributed by atoms with E-state index < -0.39 is 0 Å². The van der Waals surface area contributed by atoms with Gasteiger partial charge in [0.25, 0.3) is 5.91 Å². The molecule has 5 rings (SSSR count). The van der Waals surface area contributed by atoms with Crippen molar-refractivity contribution in [2.24, 2.45) is 0 Å². The van der Waals surface area contributed by atoms with E-state index in [1.165, 1.54) is 0 Å². The molecule has 0 saturated carbocycles. The van der Waals surface area contributed by atoms with Gasteiger partial charge in [0.2, 0.25) is 5.91 Å². The van der Waals surface area contributed by atoms with E-state index in [1.807, 2.05) is 103 Å². The van der Waals surface area contributed by atoms with Crippen LogP contribution in [0.1, 0.15) is 26.9 Å². The minimum atomic E-state index is -0.148. The van der Waals surface area contributed by atoms with Gasteiger partial charge in [0.15, 0.2) is 0 Å². The molecule has 1 N–H and O–H groups in total. The molecule has 4 aromatic rings. The molecule has 4 nitrogen and oxygen atoms in total. The van der Waals surface area contributed by atoms with Crippen LogP contribution in [0, 0.1) is 6.92 Å². The predicted molar refractivity (Wildman–Crippen MR) is 132 cm³/mol. The summed E-state index contributed by atoms with van der Waals surface area (Å²) in [5.41, 5.74) is 4.35. The molecule has 1 fully saturated rings. The predicted octanol–water partition coefficient (Wildman–Crippen LogP) is 6.18. The van der Waals surface area contributed by atoms with Gasteiger partial charge in [-0.05, 0) is 59.2 Å². The molecule has 1 aliphatic rings. The summed E-state index contributed by atoms with van der Waals surface area (Å²) < 4.78 is 0. The smallest absolute Gasteiger partial charge is 0.256 e. The minimum Gasteiger partial charge on any atom is -0.322 e. The van der Waals surface area contributed by atoms with Gasteiger partial charge in [-0.15, -0.1) is 11.8 Å². The topological polar surface area (TPSA) is 49.4 Å². The first-order chi connectivity index (χ1) is 15.6. The Labute approximate surface area is 191 Å². The largest absolute Gasteiger partial charge is 0.322 e. The monoisotopic (exact) mass is 438 g/mol. The lowest BCUT2D eigenvalue weighted by Gasteiger charge is -2.25. The number of carbonyl (C=O) groups excluding carboxylic acids is 2. The van der Waals surface area contributed by atoms with Crippen LogP contribution in [0.4, 0.5) is 11.4 Å². The van der Waals surface area contributed by atoms with Gasteiger partial charge in [0.05, 0.1) is 5.75 Å². The van der Waals surface area contributed by atoms with Crippen molar-refractivity contribution >= 4 is 45.7 Å². The van der Waals surface area contributed by atoms with Gasteiger partial charge in [-0.25, -0.2) is 0 Å². The normalized spacial score (nSPS) is 15.8. The zero-order chi connectivity index (χ0) is 22.1. The van der Waals surface area contributed by atoms with E-state index in [9.17, 15) is 9.59 Å². The summed E-state index contributed by atoms with van der Waals surface area (Å²) in [6.45, 7) is 2.02. The molecule has 0 spiro atoms. The van der Waals surface area contributed by atoms with Crippen LogP contribution in [-0.4, -0.2) is 17.6 Å². The van der Waals surface area contributed by atoms with E-state index in [1.54, 1.807) is 11.8 Å². The lowest BCUT2D eigenvalue weighted by Crippen LogP contribution is -2.27. The molecular weight excluding hydrogens is 416 g/mol. The number of amides is 2. The summed E-state index contributed by atoms with van der Waals surface area (Å²) in [5, 5.41) is 4.86. The van der Waals surface area contributed by atoms with Crippen LogP contribution in [-0.2, 0) is 4.79 Å². The van der Waals surface area contributed by atoms with E-state index in [0.717, 1.165) is 27.6 Å². The van der Waals surface area contributed by atoms with E-state index >= 15 is 0 Å². The first-order valence-electron chi connectivity index (χ1n) is 10.5. The molecule has 1 aliphatic heterocycles. The first kappa shape index (κ1) is 20.3. The summed E-state index contributed by atoms with van der Waals surface area (Å²) in [4.78, 5) is 27.6. The Kier molecular flexibility index (Phi) is 5.41. The van der Waals surface area contributed by atoms with Crippen LogP contribution >= 0.6 is 11.8 Å². The van der Waals surface area contributed by atoms with Crippen LogP contribution in [0.15, 0.2) is 91.0 Å². The maximum atomic E-state index is 13.1. The molecule has 1 atom stereocenters. The Balaban J connectivity index is 1.43. The Hall–Kier alpha value is -3.57. The molecule has 0 bridgehead atoms. The number of aryl methyl sites for hydroxylation is 1. The van der Waals surface area contributed by atoms with Gasteiger partial charge in [0.1, 0.15) is 5.37 Å². The summed E-state index contributed by atoms with van der Waals surface area (Å²) in [7, 11) is 0. The molecule has 2 amide bonds. The Bertz CT molecular complexity index is 1330. The number of thioether (sulfide) groups is 1. The molecule has 1 saturated heterocycles. The van der Waals surface area contributed by atoms with E-state index in [2.05, 4.69) is 5.32 Å². The molecule has 0 aliphatic carbocycles. The standard InChI is InChI=1S/C27H22N2O2S/c1-18-7-4-12-22(15-18)29-25(30)17-32-27(29)20-10-5-11-21(16-20)28-26(31)24-14-6-9-19-8-2-3-13-23(19)24/h2-16,27H,17H2,1H3,(H,28,31)/t27-/m0/s1. The van der Waals surface area contributed by atoms with Crippen LogP contribution in [0.5, 0.6) is 0 Å². The Morgan fingerprint density at radius 2 is 1.72 bits per heavy atom. The molecule has 32 heavy (non-hydrogen) atoms. The van der Waals surface area contributed by atoms with E-state index in [-0.39, 0.29) is 17.2 Å². The maximum Gasteiger partial charge on any atom is 0.256 e. The lowest BCUT2D eigenvalue weighted by molar-refractivity contribution is -0.115. The summed E-state index contributed by atoms with van der Waals surface area (Å²) in [5.74, 6) is 0.381. The van der Waals surface area contributed by atoms with Crippen molar-refractivity contribution in [3.63, 3.8) is 0 Å². The summed E-state index contributed by atoms with van der Waals surface area (Å²) >= 11 is 1.60. The van der Waals surface area contributed by atoms with Crippen LogP contribution in [0.3, 0.4) is 0 Å². The molecule has 4 aromatic carbocycles. The average molecular weight is 439 g/mol. The van der Waals surface area contributed by atoms with Gasteiger partial charge < -0.3 is 5.32 Å². The maximum absolute atomic E-state index is 13.1. The minimum absolute atomic E-state index is 0.0933. The van der Waals surface area contributed by atoms with Crippen molar-refractivity contribution in [2.75, 3.05) is 16.0 Å². The molecule has 0 aromatic heterocycles. The van der Waals surface area contributed by atoms with Gasteiger partial charge >= 0.3 is 0 Å². The van der Waals surface area contributed by atoms with Crippen molar-refractivity contribution in [2.45, 2.75) is 12.3 Å². The summed E-state index contributed by atoms with van der Waals surface area (Å²) in [6.07, 6.45) is 0. The zero-order valence-corrected chi connectivity index (χ0v) is 18.4. The molecule has 158 valence electrons. The fourth-order valence-corrected chi connectivity index (χ4v) is 5.29. The highest BCUT2D eigenvalue weighted by Gasteiger charge is 2.34. The molecule has 0 unspecified atom stereocenters. The average Bonchev–Trinajstić information content (AvgIpc) is 3.20. The quantitative estimate of drug-likeness (QED) is 0.414. The highest BCUT2D eigenvalue weighted by molar-refractivity contribution is 8.00. The van der Waals surface area contributed by atoms with E-state index in [4.69, 9.17) is 0 Å². The second-order valence-corrected chi connectivity index (χ2v) is 8.94. The number of benzene rings is 4. The van der Waals surface area contributed by atoms with Crippen LogP contribution in [0.25, 0.3) is 10.8 Å². The third-order valence-electron chi connectivity index (χ3n) is 5.61. The van der Waals surface area contributed by atoms with Crippen LogP contribution < -0.4 is 10.2 Å². The van der Waals surface area contributed by atoms with E-state index in [0.29, 0.717) is 17.0 Å². The third-order valence-corrected chi connectivity index (χ3v) is 6.82. The van der Waals surface area contributed by atoms with Crippen molar-refractivity contribution in [3.8, 4) is 0 Å². The van der Waals surface area contributed by atoms with Gasteiger partial charge in [-0.2, -0.15) is 0 Å². The van der Waals surface area contributed by atoms with Gasteiger partial charge in [-0.3, -0.25) is 14.5 Å². The lowest BCUT2D eigenvalue weighted by atomic mass is 10.0. The number of fused-ring (bicyclic) bond motifs is 1. The van der Waals surface area contributed by atoms with Crippen LogP contribution in [0.2, 0.25) is 0 Å². The summed E-state index contributed by atoms with van der Waals surface area (Å²) in [6, 6.07) is 29.4. The Morgan fingerprint density at radius 3 is 2.59 bits per heavy atom. The number of nitrogens with one attached hydrogen (secondary N) is 1. The number of hydrogen-bond acceptors (Lipinski definition) is 3. The van der Waals surface area contributed by atoms with Gasteiger partial charge in [-0.1, -0.05) is 60.7 Å². The number of nitrogens with zero attached hydrogens (tertiary/aromatic N) is 1. The number of hydrogen-bond donors (Lipinski definition) is 1. The molecule has 5 heteroatoms. The number of anilines is 2. The fourth-order valence-electron chi connectivity index (χ4n) is 4.12. The highest BCUT2D eigenvalue weighted by atomic mass is 32.2. The third kappa shape index (κ3) is 3.87. The fraction of sp³-hybridized carbons (Fsp3) is 0.111. The number of rotatable bonds is 4. The Morgan fingerprint density at radius 1 is 0.938 bits per heavy atom. The number of carbonyl (C=O) groups is 2. The highest BCUT2D eigenvalue weighted by Crippen LogP contribution is 2.42. The zero-order valence-electron chi connectivity index (χ0n) is 17.6. The molecular formula is C27H22N2O2S. The molecule has 0 radical (unpaired) electrons. The SMILES string of the molecule is Cc1cccc(N2C(=O)CS[C@H]2c2cccc(NC(=O)c3cccc4ccccc34)c2)c1. The van der Waals surface area contributed by atoms with Crippen molar-refractivity contribution in [1.29, 1.82) is 0 Å². The van der Waals surface area contributed by atoms with Crippen molar-refractivity contribution in [1.82, 2.24) is 0 Å². The van der Waals surface area contributed by atoms with Crippen molar-refractivity contribution < 1.29 is 9.59 Å².